The van der Waals surface area contributed by atoms with Crippen LogP contribution in [0, 0.1) is 0 Å². The third-order valence-corrected chi connectivity index (χ3v) is 2.72. The second-order valence-corrected chi connectivity index (χ2v) is 4.04. The molecule has 0 N–H and O–H groups in total. The number of hydrogen-bond donors (Lipinski definition) is 0. The molecular formula is C12H14N2O2. The lowest BCUT2D eigenvalue weighted by Gasteiger charge is -2.17. The Balaban J connectivity index is 2.22. The normalized spacial score (nSPS) is 15.8. The summed E-state index contributed by atoms with van der Waals surface area (Å²) in [5.41, 5.74) is 1.86. The van der Waals surface area contributed by atoms with Crippen LogP contribution < -0.4 is 9.80 Å². The fourth-order valence-corrected chi connectivity index (χ4v) is 1.75. The molecule has 0 saturated carbocycles. The van der Waals surface area contributed by atoms with Gasteiger partial charge in [0.15, 0.2) is 0 Å². The fraction of sp³-hybridized carbons (Fsp3) is 0.333. The van der Waals surface area contributed by atoms with E-state index >= 15 is 0 Å². The Hall–Kier alpha value is -1.84. The summed E-state index contributed by atoms with van der Waals surface area (Å²) in [4.78, 5) is 26.1. The molecule has 0 bridgehead atoms. The van der Waals surface area contributed by atoms with E-state index in [1.54, 1.807) is 0 Å². The van der Waals surface area contributed by atoms with Crippen molar-refractivity contribution in [3.8, 4) is 0 Å². The minimum atomic E-state index is -0.391. The quantitative estimate of drug-likeness (QED) is 0.697. The zero-order valence-corrected chi connectivity index (χ0v) is 9.43. The van der Waals surface area contributed by atoms with Gasteiger partial charge in [-0.2, -0.15) is 0 Å². The molecule has 2 rings (SSSR count). The van der Waals surface area contributed by atoms with Crippen molar-refractivity contribution in [1.29, 1.82) is 0 Å². The van der Waals surface area contributed by atoms with E-state index in [1.807, 2.05) is 43.3 Å². The average molecular weight is 218 g/mol. The minimum Gasteiger partial charge on any atom is -0.378 e. The van der Waals surface area contributed by atoms with E-state index in [2.05, 4.69) is 0 Å². The first-order chi connectivity index (χ1) is 7.59. The Kier molecular flexibility index (Phi) is 2.64. The molecule has 1 aromatic carbocycles. The summed E-state index contributed by atoms with van der Waals surface area (Å²) in [6.45, 7) is 0.499. The highest BCUT2D eigenvalue weighted by molar-refractivity contribution is 6.43. The number of nitrogens with zero attached hydrogens (tertiary/aromatic N) is 2. The summed E-state index contributed by atoms with van der Waals surface area (Å²) in [6, 6.07) is 7.61. The molecule has 0 aliphatic carbocycles. The van der Waals surface area contributed by atoms with Crippen LogP contribution in [0.3, 0.4) is 0 Å². The van der Waals surface area contributed by atoms with Crippen LogP contribution in [0.4, 0.5) is 11.4 Å². The molecule has 1 fully saturated rings. The van der Waals surface area contributed by atoms with Crippen molar-refractivity contribution < 1.29 is 9.59 Å². The lowest BCUT2D eigenvalue weighted by molar-refractivity contribution is -0.133. The molecule has 1 heterocycles. The molecule has 0 unspecified atom stereocenters. The Morgan fingerprint density at radius 1 is 1.12 bits per heavy atom. The number of carbonyl (C=O) groups excluding carboxylic acids is 2. The lowest BCUT2D eigenvalue weighted by Crippen LogP contribution is -2.26. The number of ketones is 1. The Bertz CT molecular complexity index is 423. The Morgan fingerprint density at radius 2 is 1.75 bits per heavy atom. The SMILES string of the molecule is CN(C)c1ccc(N2CCC(=O)C2=O)cc1. The minimum absolute atomic E-state index is 0.295. The molecule has 16 heavy (non-hydrogen) atoms. The Morgan fingerprint density at radius 3 is 2.19 bits per heavy atom. The maximum atomic E-state index is 11.5. The summed E-state index contributed by atoms with van der Waals surface area (Å²) >= 11 is 0. The molecule has 1 amide bonds. The molecular weight excluding hydrogens is 204 g/mol. The summed E-state index contributed by atoms with van der Waals surface area (Å²) < 4.78 is 0. The van der Waals surface area contributed by atoms with Gasteiger partial charge in [0.1, 0.15) is 0 Å². The van der Waals surface area contributed by atoms with Gasteiger partial charge < -0.3 is 9.80 Å². The van der Waals surface area contributed by atoms with E-state index in [1.165, 1.54) is 4.90 Å². The number of anilines is 2. The third kappa shape index (κ3) is 1.78. The van der Waals surface area contributed by atoms with Crippen LogP contribution >= 0.6 is 0 Å². The predicted molar refractivity (Wildman–Crippen MR) is 62.7 cm³/mol. The number of Topliss-reactive ketones (excluding diaryl/α,β-unsaturated/α-hetero) is 1. The molecule has 1 aliphatic heterocycles. The summed E-state index contributed by atoms with van der Waals surface area (Å²) in [5.74, 6) is -0.686. The van der Waals surface area contributed by atoms with Gasteiger partial charge in [0.25, 0.3) is 5.91 Å². The van der Waals surface area contributed by atoms with Crippen LogP contribution in [0.5, 0.6) is 0 Å². The zero-order chi connectivity index (χ0) is 11.7. The van der Waals surface area contributed by atoms with E-state index in [4.69, 9.17) is 0 Å². The third-order valence-electron chi connectivity index (χ3n) is 2.72. The monoisotopic (exact) mass is 218 g/mol. The first-order valence-electron chi connectivity index (χ1n) is 5.21. The number of amides is 1. The summed E-state index contributed by atoms with van der Waals surface area (Å²) in [7, 11) is 3.92. The first kappa shape index (κ1) is 10.7. The van der Waals surface area contributed by atoms with Crippen LogP contribution in [0.25, 0.3) is 0 Å². The van der Waals surface area contributed by atoms with Crippen LogP contribution in [0.15, 0.2) is 24.3 Å². The van der Waals surface area contributed by atoms with Crippen LogP contribution in [-0.4, -0.2) is 32.3 Å². The molecule has 1 saturated heterocycles. The maximum absolute atomic E-state index is 11.5. The van der Waals surface area contributed by atoms with Crippen LogP contribution in [0.2, 0.25) is 0 Å². The highest BCUT2D eigenvalue weighted by Crippen LogP contribution is 2.22. The van der Waals surface area contributed by atoms with Gasteiger partial charge in [0.2, 0.25) is 5.78 Å². The summed E-state index contributed by atoms with van der Waals surface area (Å²) in [5, 5.41) is 0. The van der Waals surface area contributed by atoms with Gasteiger partial charge in [0, 0.05) is 38.4 Å². The van der Waals surface area contributed by atoms with Crippen molar-refractivity contribution in [2.75, 3.05) is 30.4 Å². The largest absolute Gasteiger partial charge is 0.378 e. The van der Waals surface area contributed by atoms with Gasteiger partial charge >= 0.3 is 0 Å². The van der Waals surface area contributed by atoms with Crippen molar-refractivity contribution in [2.45, 2.75) is 6.42 Å². The zero-order valence-electron chi connectivity index (χ0n) is 9.43. The van der Waals surface area contributed by atoms with Crippen molar-refractivity contribution in [3.63, 3.8) is 0 Å². The number of rotatable bonds is 2. The van der Waals surface area contributed by atoms with E-state index in [0.717, 1.165) is 11.4 Å². The number of hydrogen-bond acceptors (Lipinski definition) is 3. The highest BCUT2D eigenvalue weighted by atomic mass is 16.2. The number of carbonyl (C=O) groups is 2. The van der Waals surface area contributed by atoms with E-state index in [0.29, 0.717) is 13.0 Å². The first-order valence-corrected chi connectivity index (χ1v) is 5.21. The van der Waals surface area contributed by atoms with Gasteiger partial charge in [-0.15, -0.1) is 0 Å². The van der Waals surface area contributed by atoms with Gasteiger partial charge in [-0.05, 0) is 24.3 Å². The second-order valence-electron chi connectivity index (χ2n) is 4.04. The van der Waals surface area contributed by atoms with E-state index < -0.39 is 5.91 Å². The van der Waals surface area contributed by atoms with Crippen molar-refractivity contribution in [1.82, 2.24) is 0 Å². The van der Waals surface area contributed by atoms with Crippen LogP contribution in [-0.2, 0) is 9.59 Å². The molecule has 0 atom stereocenters. The summed E-state index contributed by atoms with van der Waals surface area (Å²) in [6.07, 6.45) is 0.328. The fourth-order valence-electron chi connectivity index (χ4n) is 1.75. The van der Waals surface area contributed by atoms with Crippen LogP contribution in [0.1, 0.15) is 6.42 Å². The number of benzene rings is 1. The van der Waals surface area contributed by atoms with Gasteiger partial charge in [-0.3, -0.25) is 9.59 Å². The van der Waals surface area contributed by atoms with Crippen molar-refractivity contribution in [2.24, 2.45) is 0 Å². The molecule has 4 nitrogen and oxygen atoms in total. The maximum Gasteiger partial charge on any atom is 0.294 e. The van der Waals surface area contributed by atoms with Crippen molar-refractivity contribution in [3.05, 3.63) is 24.3 Å². The van der Waals surface area contributed by atoms with Gasteiger partial charge in [0.05, 0.1) is 0 Å². The standard InChI is InChI=1S/C12H14N2O2/c1-13(2)9-3-5-10(6-4-9)14-8-7-11(15)12(14)16/h3-6H,7-8H2,1-2H3. The van der Waals surface area contributed by atoms with E-state index in [9.17, 15) is 9.59 Å². The van der Waals surface area contributed by atoms with Gasteiger partial charge in [-0.1, -0.05) is 0 Å². The predicted octanol–water partition coefficient (Wildman–Crippen LogP) is 1.06. The molecule has 84 valence electrons. The molecule has 1 aromatic rings. The molecule has 4 heteroatoms. The average Bonchev–Trinajstić information content (AvgIpc) is 2.60. The smallest absolute Gasteiger partial charge is 0.294 e. The van der Waals surface area contributed by atoms with Gasteiger partial charge in [-0.25, -0.2) is 0 Å². The van der Waals surface area contributed by atoms with Crippen molar-refractivity contribution >= 4 is 23.1 Å². The second kappa shape index (κ2) is 3.96. The molecule has 0 radical (unpaired) electrons. The highest BCUT2D eigenvalue weighted by Gasteiger charge is 2.30. The molecule has 0 aromatic heterocycles. The molecule has 0 spiro atoms. The lowest BCUT2D eigenvalue weighted by atomic mass is 10.2. The Labute approximate surface area is 94.5 Å². The topological polar surface area (TPSA) is 40.6 Å². The molecule has 1 aliphatic rings. The van der Waals surface area contributed by atoms with E-state index in [-0.39, 0.29) is 5.78 Å².